The Bertz CT molecular complexity index is 1610. The Kier molecular flexibility index (Phi) is 9.14. The maximum absolute atomic E-state index is 12.9. The lowest BCUT2D eigenvalue weighted by atomic mass is 10.0. The van der Waals surface area contributed by atoms with Crippen LogP contribution in [0.1, 0.15) is 30.5 Å². The van der Waals surface area contributed by atoms with Crippen LogP contribution in [0.2, 0.25) is 5.02 Å². The van der Waals surface area contributed by atoms with Crippen LogP contribution in [0.15, 0.2) is 48.6 Å². The Hall–Kier alpha value is -3.89. The molecule has 0 aliphatic carbocycles. The van der Waals surface area contributed by atoms with E-state index in [1.165, 1.54) is 23.5 Å². The Morgan fingerprint density at radius 1 is 1.04 bits per heavy atom. The molecule has 1 unspecified atom stereocenters. The molecule has 4 heterocycles. The summed E-state index contributed by atoms with van der Waals surface area (Å²) in [7, 11) is 7.53. The van der Waals surface area contributed by atoms with Gasteiger partial charge in [-0.05, 0) is 56.8 Å². The van der Waals surface area contributed by atoms with Crippen LogP contribution in [-0.2, 0) is 22.6 Å². The van der Waals surface area contributed by atoms with E-state index in [2.05, 4.69) is 53.1 Å². The minimum absolute atomic E-state index is 0.0784. The summed E-state index contributed by atoms with van der Waals surface area (Å²) in [6.07, 6.45) is 6.55. The average Bonchev–Trinajstić information content (AvgIpc) is 3.70. The van der Waals surface area contributed by atoms with Crippen molar-refractivity contribution in [2.24, 2.45) is 0 Å². The minimum atomic E-state index is -0.208. The number of benzene rings is 2. The molecular formula is C34H42ClN7O3. The summed E-state index contributed by atoms with van der Waals surface area (Å²) in [5.41, 5.74) is 3.16. The van der Waals surface area contributed by atoms with Gasteiger partial charge in [0.05, 0.1) is 17.3 Å². The summed E-state index contributed by atoms with van der Waals surface area (Å²) in [6.45, 7) is 4.21. The van der Waals surface area contributed by atoms with Gasteiger partial charge < -0.3 is 29.2 Å². The van der Waals surface area contributed by atoms with Gasteiger partial charge >= 0.3 is 6.01 Å². The highest BCUT2D eigenvalue weighted by Gasteiger charge is 2.33. The second-order valence-corrected chi connectivity index (χ2v) is 12.9. The second-order valence-electron chi connectivity index (χ2n) is 12.5. The quantitative estimate of drug-likeness (QED) is 0.345. The summed E-state index contributed by atoms with van der Waals surface area (Å²) in [6, 6.07) is 13.1. The summed E-state index contributed by atoms with van der Waals surface area (Å²) >= 11 is 6.71. The zero-order valence-electron chi connectivity index (χ0n) is 26.6. The van der Waals surface area contributed by atoms with Crippen molar-refractivity contribution < 1.29 is 14.3 Å². The molecule has 3 aliphatic heterocycles. The van der Waals surface area contributed by atoms with Gasteiger partial charge in [0.1, 0.15) is 12.4 Å². The number of ether oxygens (including phenoxy) is 1. The molecule has 2 saturated heterocycles. The molecule has 0 saturated carbocycles. The van der Waals surface area contributed by atoms with E-state index in [9.17, 15) is 9.59 Å². The first-order valence-corrected chi connectivity index (χ1v) is 16.1. The number of hydrogen-bond acceptors (Lipinski definition) is 8. The number of nitrogens with zero attached hydrogens (tertiary/aromatic N) is 7. The molecule has 1 aromatic heterocycles. The van der Waals surface area contributed by atoms with Gasteiger partial charge in [-0.1, -0.05) is 35.9 Å². The standard InChI is InChI=1S/C34H42ClN7O3/c1-38(2)30(43)13-14-31(44)42-18-15-24(20-42)40(4)33-26-16-19-41(29-12-6-9-23-8-5-11-27(35)32(23)29)21-28(26)36-34(37-33)45-22-25-10-7-17-39(25)3/h5-6,8-9,11-14,24-25H,7,10,15-22H2,1-4H3/b14-13+/t24?,25-/m0/s1. The Balaban J connectivity index is 1.27. The van der Waals surface area contributed by atoms with E-state index in [4.69, 9.17) is 26.3 Å². The lowest BCUT2D eigenvalue weighted by molar-refractivity contribution is -0.126. The number of rotatable bonds is 8. The third kappa shape index (κ3) is 6.58. The predicted octanol–water partition coefficient (Wildman–Crippen LogP) is 4.00. The number of anilines is 2. The van der Waals surface area contributed by atoms with Gasteiger partial charge in [0.2, 0.25) is 11.8 Å². The maximum atomic E-state index is 12.9. The highest BCUT2D eigenvalue weighted by molar-refractivity contribution is 6.36. The van der Waals surface area contributed by atoms with Crippen molar-refractivity contribution in [3.05, 3.63) is 64.8 Å². The number of hydrogen-bond donors (Lipinski definition) is 0. The van der Waals surface area contributed by atoms with Crippen LogP contribution in [0, 0.1) is 0 Å². The summed E-state index contributed by atoms with van der Waals surface area (Å²) in [4.78, 5) is 44.9. The first-order chi connectivity index (χ1) is 21.7. The fourth-order valence-corrected chi connectivity index (χ4v) is 6.96. The van der Waals surface area contributed by atoms with Crippen LogP contribution < -0.4 is 14.5 Å². The van der Waals surface area contributed by atoms with E-state index < -0.39 is 0 Å². The molecule has 2 amide bonds. The first-order valence-electron chi connectivity index (χ1n) is 15.8. The molecule has 45 heavy (non-hydrogen) atoms. The fourth-order valence-electron chi connectivity index (χ4n) is 6.68. The van der Waals surface area contributed by atoms with Crippen molar-refractivity contribution in [1.82, 2.24) is 24.7 Å². The Morgan fingerprint density at radius 2 is 1.84 bits per heavy atom. The van der Waals surface area contributed by atoms with Crippen molar-refractivity contribution in [3.63, 3.8) is 0 Å². The molecule has 2 aromatic carbocycles. The van der Waals surface area contributed by atoms with E-state index in [1.807, 2.05) is 12.1 Å². The predicted molar refractivity (Wildman–Crippen MR) is 178 cm³/mol. The number of likely N-dealkylation sites (N-methyl/N-ethyl adjacent to an activating group) is 3. The number of aromatic nitrogens is 2. The highest BCUT2D eigenvalue weighted by Crippen LogP contribution is 2.37. The average molecular weight is 632 g/mol. The van der Waals surface area contributed by atoms with Crippen LogP contribution >= 0.6 is 11.6 Å². The molecular weight excluding hydrogens is 590 g/mol. The van der Waals surface area contributed by atoms with Crippen molar-refractivity contribution >= 4 is 45.7 Å². The highest BCUT2D eigenvalue weighted by atomic mass is 35.5. The van der Waals surface area contributed by atoms with E-state index >= 15 is 0 Å². The first kappa shape index (κ1) is 31.1. The van der Waals surface area contributed by atoms with Crippen LogP contribution in [-0.4, -0.2) is 110 Å². The molecule has 0 bridgehead atoms. The van der Waals surface area contributed by atoms with Crippen molar-refractivity contribution in [2.45, 2.75) is 44.3 Å². The van der Waals surface area contributed by atoms with Crippen molar-refractivity contribution in [3.8, 4) is 6.01 Å². The molecule has 0 N–H and O–H groups in total. The molecule has 3 aromatic rings. The fraction of sp³-hybridized carbons (Fsp3) is 0.471. The third-order valence-electron chi connectivity index (χ3n) is 9.44. The van der Waals surface area contributed by atoms with Crippen LogP contribution in [0.5, 0.6) is 6.01 Å². The Labute approximate surface area is 270 Å². The maximum Gasteiger partial charge on any atom is 0.318 e. The molecule has 3 aliphatic rings. The number of halogens is 1. The van der Waals surface area contributed by atoms with Crippen LogP contribution in [0.3, 0.4) is 0 Å². The van der Waals surface area contributed by atoms with E-state index in [0.29, 0.717) is 38.3 Å². The van der Waals surface area contributed by atoms with Gasteiger partial charge in [0.25, 0.3) is 0 Å². The van der Waals surface area contributed by atoms with Crippen molar-refractivity contribution in [2.75, 3.05) is 70.8 Å². The number of likely N-dealkylation sites (tertiary alicyclic amines) is 2. The lowest BCUT2D eigenvalue weighted by Crippen LogP contribution is -2.39. The molecule has 238 valence electrons. The van der Waals surface area contributed by atoms with Gasteiger partial charge in [0, 0.05) is 81.7 Å². The summed E-state index contributed by atoms with van der Waals surface area (Å²) in [5.74, 6) is 0.503. The van der Waals surface area contributed by atoms with Gasteiger partial charge in [-0.2, -0.15) is 9.97 Å². The normalized spacial score (nSPS) is 20.2. The van der Waals surface area contributed by atoms with Crippen LogP contribution in [0.4, 0.5) is 11.5 Å². The van der Waals surface area contributed by atoms with Gasteiger partial charge in [-0.3, -0.25) is 9.59 Å². The van der Waals surface area contributed by atoms with Gasteiger partial charge in [0.15, 0.2) is 0 Å². The Morgan fingerprint density at radius 3 is 2.60 bits per heavy atom. The second kappa shape index (κ2) is 13.2. The molecule has 6 rings (SSSR count). The molecule has 11 heteroatoms. The van der Waals surface area contributed by atoms with E-state index in [1.54, 1.807) is 19.0 Å². The van der Waals surface area contributed by atoms with E-state index in [0.717, 1.165) is 70.9 Å². The molecule has 10 nitrogen and oxygen atoms in total. The van der Waals surface area contributed by atoms with Crippen LogP contribution in [0.25, 0.3) is 10.8 Å². The van der Waals surface area contributed by atoms with E-state index in [-0.39, 0.29) is 17.9 Å². The number of carbonyl (C=O) groups is 2. The smallest absolute Gasteiger partial charge is 0.318 e. The topological polar surface area (TPSA) is 85.3 Å². The molecule has 0 radical (unpaired) electrons. The van der Waals surface area contributed by atoms with Crippen molar-refractivity contribution in [1.29, 1.82) is 0 Å². The number of amides is 2. The summed E-state index contributed by atoms with van der Waals surface area (Å²) in [5, 5.41) is 2.90. The molecule has 2 atom stereocenters. The number of carbonyl (C=O) groups excluding carboxylic acids is 2. The zero-order valence-corrected chi connectivity index (χ0v) is 27.3. The molecule has 0 spiro atoms. The van der Waals surface area contributed by atoms with Gasteiger partial charge in [-0.25, -0.2) is 0 Å². The summed E-state index contributed by atoms with van der Waals surface area (Å²) < 4.78 is 6.30. The minimum Gasteiger partial charge on any atom is -0.462 e. The third-order valence-corrected chi connectivity index (χ3v) is 9.75. The monoisotopic (exact) mass is 631 g/mol. The zero-order chi connectivity index (χ0) is 31.7. The molecule has 2 fully saturated rings. The lowest BCUT2D eigenvalue weighted by Gasteiger charge is -2.35. The SMILES string of the molecule is CN(C)C(=O)/C=C/C(=O)N1CCC(N(C)c2nc(OC[C@@H]3CCCN3C)nc3c2CCN(c2cccc4cccc(Cl)c24)C3)C1. The van der Waals surface area contributed by atoms with Gasteiger partial charge in [-0.15, -0.1) is 0 Å². The number of fused-ring (bicyclic) bond motifs is 2. The largest absolute Gasteiger partial charge is 0.462 e.